The maximum Gasteiger partial charge on any atom is 0.266 e. The monoisotopic (exact) mass is 539 g/mol. The lowest BCUT2D eigenvalue weighted by atomic mass is 9.82. The summed E-state index contributed by atoms with van der Waals surface area (Å²) in [5, 5.41) is 9.57. The Balaban J connectivity index is 1.26. The minimum Gasteiger partial charge on any atom is -0.488 e. The first-order valence-electron chi connectivity index (χ1n) is 13.4. The number of ether oxygens (including phenoxy) is 2. The third kappa shape index (κ3) is 4.84. The van der Waals surface area contributed by atoms with E-state index in [1.165, 1.54) is 23.2 Å². The Morgan fingerprint density at radius 1 is 1.11 bits per heavy atom. The van der Waals surface area contributed by atoms with E-state index in [-0.39, 0.29) is 38.3 Å². The van der Waals surface area contributed by atoms with Crippen LogP contribution in [-0.2, 0) is 19.6 Å². The molecule has 1 aliphatic heterocycles. The quantitative estimate of drug-likeness (QED) is 0.282. The van der Waals surface area contributed by atoms with Gasteiger partial charge in [-0.2, -0.15) is 4.31 Å². The van der Waals surface area contributed by atoms with Gasteiger partial charge in [0, 0.05) is 45.0 Å². The zero-order valence-electron chi connectivity index (χ0n) is 21.5. The Bertz CT molecular complexity index is 1110. The number of benzene rings is 1. The molecule has 1 heterocycles. The number of nitrogens with zero attached hydrogens (tertiary/aromatic N) is 2. The van der Waals surface area contributed by atoms with Crippen LogP contribution in [0.15, 0.2) is 18.2 Å². The number of sulfonamides is 1. The smallest absolute Gasteiger partial charge is 0.266 e. The molecule has 0 aromatic heterocycles. The number of hydrogen-bond acceptors (Lipinski definition) is 7. The van der Waals surface area contributed by atoms with Crippen molar-refractivity contribution in [2.75, 3.05) is 51.4 Å². The predicted molar refractivity (Wildman–Crippen MR) is 135 cm³/mol. The van der Waals surface area contributed by atoms with Gasteiger partial charge in [0.15, 0.2) is 16.3 Å². The van der Waals surface area contributed by atoms with Gasteiger partial charge in [0.25, 0.3) is 5.91 Å². The molecule has 3 unspecified atom stereocenters. The number of rotatable bonds is 9. The number of hydrogen-bond donors (Lipinski definition) is 2. The molecule has 206 valence electrons. The molecular formula is C26H38FN3O6S. The molecular weight excluding hydrogens is 501 g/mol. The van der Waals surface area contributed by atoms with Crippen molar-refractivity contribution in [2.45, 2.75) is 56.1 Å². The van der Waals surface area contributed by atoms with Gasteiger partial charge in [-0.15, -0.1) is 0 Å². The summed E-state index contributed by atoms with van der Waals surface area (Å²) in [5.41, 5.74) is 2.71. The van der Waals surface area contributed by atoms with Crippen LogP contribution in [0.25, 0.3) is 0 Å². The van der Waals surface area contributed by atoms with Crippen molar-refractivity contribution in [1.82, 2.24) is 9.79 Å². The van der Waals surface area contributed by atoms with Gasteiger partial charge in [-0.1, -0.05) is 6.42 Å². The second-order valence-corrected chi connectivity index (χ2v) is 13.3. The first-order chi connectivity index (χ1) is 17.8. The molecule has 37 heavy (non-hydrogen) atoms. The fraction of sp³-hybridized carbons (Fsp3) is 0.731. The van der Waals surface area contributed by atoms with Crippen LogP contribution >= 0.6 is 0 Å². The maximum atomic E-state index is 14.5. The molecule has 3 atom stereocenters. The number of methoxy groups -OCH3 is 1. The molecule has 9 nitrogen and oxygen atoms in total. The number of hydroxylamine groups is 1. The molecule has 0 spiro atoms. The fourth-order valence-corrected chi connectivity index (χ4v) is 9.07. The van der Waals surface area contributed by atoms with Crippen LogP contribution in [0.4, 0.5) is 10.1 Å². The number of halogens is 1. The number of carbonyl (C=O) groups excluding carboxylic acids is 1. The highest BCUT2D eigenvalue weighted by atomic mass is 32.2. The Morgan fingerprint density at radius 3 is 2.51 bits per heavy atom. The number of fused-ring (bicyclic) bond motifs is 1. The van der Waals surface area contributed by atoms with Crippen LogP contribution in [-0.4, -0.2) is 75.1 Å². The largest absolute Gasteiger partial charge is 0.488 e. The van der Waals surface area contributed by atoms with Gasteiger partial charge >= 0.3 is 0 Å². The van der Waals surface area contributed by atoms with E-state index in [0.29, 0.717) is 49.6 Å². The molecule has 3 aliphatic carbocycles. The zero-order chi connectivity index (χ0) is 26.3. The third-order valence-corrected chi connectivity index (χ3v) is 11.8. The van der Waals surface area contributed by atoms with Crippen LogP contribution in [0.1, 0.15) is 51.4 Å². The molecule has 1 saturated heterocycles. The van der Waals surface area contributed by atoms with Crippen molar-refractivity contribution in [2.24, 2.45) is 17.3 Å². The molecule has 2 N–H and O–H groups in total. The average Bonchev–Trinajstić information content (AvgIpc) is 3.81. The van der Waals surface area contributed by atoms with E-state index in [2.05, 4.69) is 0 Å². The van der Waals surface area contributed by atoms with Crippen molar-refractivity contribution >= 4 is 21.6 Å². The molecule has 0 bridgehead atoms. The normalized spacial score (nSPS) is 30.7. The minimum atomic E-state index is -4.03. The van der Waals surface area contributed by atoms with Crippen molar-refractivity contribution in [3.8, 4) is 5.75 Å². The predicted octanol–water partition coefficient (Wildman–Crippen LogP) is 2.93. The Morgan fingerprint density at radius 2 is 1.86 bits per heavy atom. The Hall–Kier alpha value is -1.95. The molecule has 5 rings (SSSR count). The van der Waals surface area contributed by atoms with E-state index in [0.717, 1.165) is 18.8 Å². The van der Waals surface area contributed by atoms with Crippen LogP contribution in [0.3, 0.4) is 0 Å². The van der Waals surface area contributed by atoms with Gasteiger partial charge in [0.05, 0.1) is 6.61 Å². The number of nitrogens with one attached hydrogen (secondary N) is 1. The summed E-state index contributed by atoms with van der Waals surface area (Å²) in [5.74, 6) is 0.0936. The molecule has 1 amide bonds. The van der Waals surface area contributed by atoms with E-state index >= 15 is 0 Å². The standard InChI is InChI=1S/C26H38FN3O6S/c1-35-15-16-36-23-6-5-21(17-22(23)27)29-11-13-30(14-12-29)37(33,34)26(24(31)28-32)9-2-8-25(19-3-4-19)18-20(25)7-10-26/h5-6,17,19-20,32H,2-4,7-16,18H2,1H3,(H,28,31). The van der Waals surface area contributed by atoms with E-state index < -0.39 is 26.5 Å². The minimum absolute atomic E-state index is 0.143. The third-order valence-electron chi connectivity index (χ3n) is 9.20. The van der Waals surface area contributed by atoms with Crippen LogP contribution < -0.4 is 15.1 Å². The van der Waals surface area contributed by atoms with Crippen molar-refractivity contribution in [1.29, 1.82) is 0 Å². The second kappa shape index (κ2) is 10.3. The van der Waals surface area contributed by atoms with Crippen LogP contribution in [0.2, 0.25) is 0 Å². The summed E-state index contributed by atoms with van der Waals surface area (Å²) in [4.78, 5) is 14.9. The summed E-state index contributed by atoms with van der Waals surface area (Å²) >= 11 is 0. The Kier molecular flexibility index (Phi) is 7.43. The van der Waals surface area contributed by atoms with Crippen LogP contribution in [0.5, 0.6) is 5.75 Å². The molecule has 1 aromatic rings. The number of carbonyl (C=O) groups is 1. The SMILES string of the molecule is COCCOc1ccc(N2CCN(S(=O)(=O)C3(C(=O)NO)CCCC4(C5CC5)CC4CC3)CC2)cc1F. The molecule has 4 aliphatic rings. The average molecular weight is 540 g/mol. The van der Waals surface area contributed by atoms with Crippen molar-refractivity contribution in [3.63, 3.8) is 0 Å². The first-order valence-corrected chi connectivity index (χ1v) is 14.8. The molecule has 11 heteroatoms. The zero-order valence-corrected chi connectivity index (χ0v) is 22.3. The number of amides is 1. The first kappa shape index (κ1) is 26.6. The highest BCUT2D eigenvalue weighted by molar-refractivity contribution is 7.91. The lowest BCUT2D eigenvalue weighted by molar-refractivity contribution is -0.132. The lowest BCUT2D eigenvalue weighted by Crippen LogP contribution is -2.60. The van der Waals surface area contributed by atoms with Gasteiger partial charge in [0.2, 0.25) is 10.0 Å². The van der Waals surface area contributed by atoms with Gasteiger partial charge in [-0.3, -0.25) is 10.0 Å². The summed E-state index contributed by atoms with van der Waals surface area (Å²) in [6.07, 6.45) is 6.46. The summed E-state index contributed by atoms with van der Waals surface area (Å²) in [6, 6.07) is 4.72. The molecule has 3 saturated carbocycles. The maximum absolute atomic E-state index is 14.5. The summed E-state index contributed by atoms with van der Waals surface area (Å²) in [6.45, 7) is 1.71. The molecule has 4 fully saturated rings. The highest BCUT2D eigenvalue weighted by Gasteiger charge is 2.64. The topological polar surface area (TPSA) is 108 Å². The van der Waals surface area contributed by atoms with E-state index in [4.69, 9.17) is 9.47 Å². The second-order valence-electron chi connectivity index (χ2n) is 11.1. The van der Waals surface area contributed by atoms with E-state index in [1.54, 1.807) is 24.7 Å². The van der Waals surface area contributed by atoms with E-state index in [1.807, 2.05) is 4.90 Å². The number of piperazine rings is 1. The van der Waals surface area contributed by atoms with Gasteiger partial charge < -0.3 is 14.4 Å². The summed E-state index contributed by atoms with van der Waals surface area (Å²) in [7, 11) is -2.49. The van der Waals surface area contributed by atoms with Crippen molar-refractivity contribution < 1.29 is 32.3 Å². The summed E-state index contributed by atoms with van der Waals surface area (Å²) < 4.78 is 52.6. The van der Waals surface area contributed by atoms with Gasteiger partial charge in [-0.25, -0.2) is 18.3 Å². The molecule has 0 radical (unpaired) electrons. The fourth-order valence-electron chi connectivity index (χ4n) is 6.87. The number of anilines is 1. The van der Waals surface area contributed by atoms with Crippen molar-refractivity contribution in [3.05, 3.63) is 24.0 Å². The van der Waals surface area contributed by atoms with E-state index in [9.17, 15) is 22.8 Å². The van der Waals surface area contributed by atoms with Gasteiger partial charge in [0.1, 0.15) is 6.61 Å². The molecule has 1 aromatic carbocycles. The van der Waals surface area contributed by atoms with Crippen LogP contribution in [0, 0.1) is 23.1 Å². The highest BCUT2D eigenvalue weighted by Crippen LogP contribution is 2.70. The lowest BCUT2D eigenvalue weighted by Gasteiger charge is -2.41. The Labute approximate surface area is 218 Å². The van der Waals surface area contributed by atoms with Gasteiger partial charge in [-0.05, 0) is 74.3 Å².